The van der Waals surface area contributed by atoms with Gasteiger partial charge in [-0.1, -0.05) is 0 Å². The van der Waals surface area contributed by atoms with Gasteiger partial charge in [0.25, 0.3) is 0 Å². The van der Waals surface area contributed by atoms with Gasteiger partial charge in [0, 0.05) is 30.3 Å². The van der Waals surface area contributed by atoms with E-state index in [4.69, 9.17) is 5.73 Å². The van der Waals surface area contributed by atoms with Crippen LogP contribution in [0.2, 0.25) is 0 Å². The Morgan fingerprint density at radius 3 is 2.41 bits per heavy atom. The zero-order valence-electron chi connectivity index (χ0n) is 12.7. The van der Waals surface area contributed by atoms with E-state index in [0.717, 1.165) is 0 Å². The number of rotatable bonds is 8. The molecule has 7 heteroatoms. The van der Waals surface area contributed by atoms with Crippen LogP contribution in [0.3, 0.4) is 0 Å². The summed E-state index contributed by atoms with van der Waals surface area (Å²) in [6.07, 6.45) is 1.12. The molecular formula is C15H22N2O5. The highest BCUT2D eigenvalue weighted by Crippen LogP contribution is 2.24. The van der Waals surface area contributed by atoms with E-state index < -0.39 is 18.1 Å². The lowest BCUT2D eigenvalue weighted by Crippen LogP contribution is -2.32. The summed E-state index contributed by atoms with van der Waals surface area (Å²) in [4.78, 5) is 23.1. The highest BCUT2D eigenvalue weighted by molar-refractivity contribution is 5.86. The monoisotopic (exact) mass is 310 g/mol. The number of methoxy groups -OCH3 is 1. The van der Waals surface area contributed by atoms with Crippen molar-refractivity contribution in [1.29, 1.82) is 0 Å². The second-order valence-corrected chi connectivity index (χ2v) is 5.09. The van der Waals surface area contributed by atoms with Crippen molar-refractivity contribution in [3.8, 4) is 11.5 Å². The first-order valence-corrected chi connectivity index (χ1v) is 6.99. The number of carbonyl (C=O) groups excluding carboxylic acids is 2. The van der Waals surface area contributed by atoms with Crippen molar-refractivity contribution in [2.45, 2.75) is 38.3 Å². The van der Waals surface area contributed by atoms with E-state index in [1.807, 2.05) is 0 Å². The van der Waals surface area contributed by atoms with Crippen LogP contribution in [-0.4, -0.2) is 41.2 Å². The van der Waals surface area contributed by atoms with Crippen molar-refractivity contribution < 1.29 is 24.5 Å². The maximum Gasteiger partial charge on any atom is 0.322 e. The van der Waals surface area contributed by atoms with Crippen LogP contribution < -0.4 is 11.1 Å². The average Bonchev–Trinajstić information content (AvgIpc) is 2.44. The van der Waals surface area contributed by atoms with Crippen LogP contribution in [0.25, 0.3) is 0 Å². The third-order valence-corrected chi connectivity index (χ3v) is 3.21. The molecule has 0 saturated carbocycles. The molecule has 1 aromatic rings. The van der Waals surface area contributed by atoms with E-state index >= 15 is 0 Å². The first kappa shape index (κ1) is 17.8. The second-order valence-electron chi connectivity index (χ2n) is 5.09. The number of esters is 1. The summed E-state index contributed by atoms with van der Waals surface area (Å²) in [5.41, 5.74) is 6.04. The summed E-state index contributed by atoms with van der Waals surface area (Å²) < 4.78 is 4.51. The number of carbonyl (C=O) groups is 2. The Bertz CT molecular complexity index is 512. The third-order valence-electron chi connectivity index (χ3n) is 3.21. The van der Waals surface area contributed by atoms with Crippen LogP contribution in [-0.2, 0) is 14.3 Å². The molecule has 0 fully saturated rings. The normalized spacial score (nSPS) is 13.2. The van der Waals surface area contributed by atoms with Crippen molar-refractivity contribution >= 4 is 17.4 Å². The van der Waals surface area contributed by atoms with Crippen LogP contribution in [0.1, 0.15) is 26.2 Å². The van der Waals surface area contributed by atoms with Crippen molar-refractivity contribution in [3.63, 3.8) is 0 Å². The number of ketones is 1. The number of Topliss-reactive ketones (excluding diaryl/α,β-unsaturated/α-hetero) is 1. The Hall–Kier alpha value is -2.28. The van der Waals surface area contributed by atoms with Crippen LogP contribution in [0.5, 0.6) is 11.5 Å². The minimum Gasteiger partial charge on any atom is -0.508 e. The van der Waals surface area contributed by atoms with E-state index in [0.29, 0.717) is 18.5 Å². The van der Waals surface area contributed by atoms with E-state index in [-0.39, 0.29) is 23.7 Å². The molecule has 0 amide bonds. The zero-order chi connectivity index (χ0) is 16.7. The van der Waals surface area contributed by atoms with E-state index in [2.05, 4.69) is 10.1 Å². The molecule has 0 bridgehead atoms. The lowest BCUT2D eigenvalue weighted by Gasteiger charge is -2.15. The van der Waals surface area contributed by atoms with Crippen molar-refractivity contribution in [2.75, 3.05) is 12.4 Å². The van der Waals surface area contributed by atoms with Gasteiger partial charge in [0.05, 0.1) is 13.2 Å². The first-order valence-electron chi connectivity index (χ1n) is 6.99. The lowest BCUT2D eigenvalue weighted by molar-refractivity contribution is -0.142. The number of nitrogens with one attached hydrogen (secondary N) is 1. The Morgan fingerprint density at radius 1 is 1.27 bits per heavy atom. The van der Waals surface area contributed by atoms with Crippen molar-refractivity contribution in [1.82, 2.24) is 0 Å². The minimum atomic E-state index is -0.718. The number of phenols is 2. The molecule has 0 aliphatic carbocycles. The van der Waals surface area contributed by atoms with Crippen LogP contribution in [0.4, 0.5) is 5.69 Å². The standard InChI is InChI=1S/C15H22N2O5/c1-9(17-10-6-11(18)8-12(19)7-10)14(20)5-3-4-13(16)15(21)22-2/h6-9,13,17-19H,3-5,16H2,1-2H3/t9-,13-/m0/s1. The predicted molar refractivity (Wildman–Crippen MR) is 81.7 cm³/mol. The quantitative estimate of drug-likeness (QED) is 0.531. The maximum absolute atomic E-state index is 12.0. The number of anilines is 1. The zero-order valence-corrected chi connectivity index (χ0v) is 12.7. The number of nitrogens with two attached hydrogens (primary N) is 1. The molecule has 0 unspecified atom stereocenters. The molecule has 1 aromatic carbocycles. The lowest BCUT2D eigenvalue weighted by atomic mass is 10.0. The highest BCUT2D eigenvalue weighted by Gasteiger charge is 2.16. The predicted octanol–water partition coefficient (Wildman–Crippen LogP) is 1.14. The molecular weight excluding hydrogens is 288 g/mol. The fourth-order valence-electron chi connectivity index (χ4n) is 1.99. The molecule has 0 aromatic heterocycles. The van der Waals surface area contributed by atoms with Gasteiger partial charge in [-0.05, 0) is 19.8 Å². The number of ether oxygens (including phenoxy) is 1. The van der Waals surface area contributed by atoms with Gasteiger partial charge >= 0.3 is 5.97 Å². The van der Waals surface area contributed by atoms with Gasteiger partial charge in [-0.15, -0.1) is 0 Å². The summed E-state index contributed by atoms with van der Waals surface area (Å²) in [6.45, 7) is 1.68. The molecule has 0 saturated heterocycles. The summed E-state index contributed by atoms with van der Waals surface area (Å²) in [7, 11) is 1.27. The number of phenolic OH excluding ortho intramolecular Hbond substituents is 2. The number of hydrogen-bond acceptors (Lipinski definition) is 7. The summed E-state index contributed by atoms with van der Waals surface area (Å²) >= 11 is 0. The largest absolute Gasteiger partial charge is 0.508 e. The van der Waals surface area contributed by atoms with Gasteiger partial charge in [-0.3, -0.25) is 9.59 Å². The van der Waals surface area contributed by atoms with E-state index in [1.165, 1.54) is 25.3 Å². The van der Waals surface area contributed by atoms with Crippen molar-refractivity contribution in [2.24, 2.45) is 5.73 Å². The molecule has 122 valence electrons. The van der Waals surface area contributed by atoms with Gasteiger partial charge < -0.3 is 26.0 Å². The highest BCUT2D eigenvalue weighted by atomic mass is 16.5. The Morgan fingerprint density at radius 2 is 1.86 bits per heavy atom. The number of benzene rings is 1. The molecule has 0 radical (unpaired) electrons. The van der Waals surface area contributed by atoms with Crippen LogP contribution in [0, 0.1) is 0 Å². The summed E-state index contributed by atoms with van der Waals surface area (Å²) in [6, 6.07) is 2.82. The Balaban J connectivity index is 2.43. The number of aromatic hydroxyl groups is 2. The van der Waals surface area contributed by atoms with Gasteiger partial charge in [-0.25, -0.2) is 0 Å². The molecule has 1 rings (SSSR count). The van der Waals surface area contributed by atoms with E-state index in [1.54, 1.807) is 6.92 Å². The third kappa shape index (κ3) is 5.61. The minimum absolute atomic E-state index is 0.0556. The van der Waals surface area contributed by atoms with Crippen molar-refractivity contribution in [3.05, 3.63) is 18.2 Å². The molecule has 22 heavy (non-hydrogen) atoms. The molecule has 0 aliphatic heterocycles. The van der Waals surface area contributed by atoms with Gasteiger partial charge in [0.1, 0.15) is 17.5 Å². The molecule has 0 aliphatic rings. The molecule has 0 heterocycles. The topological polar surface area (TPSA) is 122 Å². The average molecular weight is 310 g/mol. The van der Waals surface area contributed by atoms with Crippen LogP contribution >= 0.6 is 0 Å². The fourth-order valence-corrected chi connectivity index (χ4v) is 1.99. The maximum atomic E-state index is 12.0. The smallest absolute Gasteiger partial charge is 0.322 e. The SMILES string of the molecule is COC(=O)[C@@H](N)CCCC(=O)[C@H](C)Nc1cc(O)cc(O)c1. The van der Waals surface area contributed by atoms with Crippen LogP contribution in [0.15, 0.2) is 18.2 Å². The second kappa shape index (κ2) is 8.23. The fraction of sp³-hybridized carbons (Fsp3) is 0.467. The molecule has 0 spiro atoms. The van der Waals surface area contributed by atoms with E-state index in [9.17, 15) is 19.8 Å². The molecule has 5 N–H and O–H groups in total. The summed E-state index contributed by atoms with van der Waals surface area (Å²) in [5.74, 6) is -0.730. The molecule has 7 nitrogen and oxygen atoms in total. The van der Waals surface area contributed by atoms with Gasteiger partial charge in [-0.2, -0.15) is 0 Å². The van der Waals surface area contributed by atoms with Gasteiger partial charge in [0.2, 0.25) is 0 Å². The van der Waals surface area contributed by atoms with Gasteiger partial charge in [0.15, 0.2) is 5.78 Å². The molecule has 2 atom stereocenters. The Kier molecular flexibility index (Phi) is 6.65. The number of hydrogen-bond donors (Lipinski definition) is 4. The Labute approximate surface area is 129 Å². The first-order chi connectivity index (χ1) is 10.3. The summed E-state index contributed by atoms with van der Waals surface area (Å²) in [5, 5.41) is 21.7.